The van der Waals surface area contributed by atoms with Gasteiger partial charge < -0.3 is 23.2 Å². The quantitative estimate of drug-likeness (QED) is 0.265. The number of hydrogen-bond donors (Lipinski definition) is 1. The molecule has 2 aromatic heterocycles. The van der Waals surface area contributed by atoms with Crippen molar-refractivity contribution < 1.29 is 23.5 Å². The van der Waals surface area contributed by atoms with Crippen LogP contribution in [0, 0.1) is 6.92 Å². The number of aliphatic hydroxyl groups is 1. The molecule has 2 aromatic carbocycles. The van der Waals surface area contributed by atoms with Gasteiger partial charge in [-0.25, -0.2) is 14.6 Å². The molecule has 1 aliphatic heterocycles. The molecule has 0 saturated heterocycles. The number of carbonyl (C=O) groups is 1. The lowest BCUT2D eigenvalue weighted by Gasteiger charge is -2.18. The molecule has 41 heavy (non-hydrogen) atoms. The summed E-state index contributed by atoms with van der Waals surface area (Å²) in [6.07, 6.45) is 1.38. The van der Waals surface area contributed by atoms with E-state index in [9.17, 15) is 14.7 Å². The Hall–Kier alpha value is -4.64. The Balaban J connectivity index is 1.47. The van der Waals surface area contributed by atoms with Crippen molar-refractivity contribution in [3.05, 3.63) is 99.0 Å². The molecule has 3 heterocycles. The van der Waals surface area contributed by atoms with Gasteiger partial charge in [-0.05, 0) is 49.1 Å². The SMILES string of the molecule is CCCc1nc(C(C)(C)O)c(C(=O)OCc2oc(=O)oc2C)n1Cc1ccc(-c2ccccc2C2=NN=NC2)cc1. The lowest BCUT2D eigenvalue weighted by atomic mass is 9.96. The van der Waals surface area contributed by atoms with Gasteiger partial charge in [-0.1, -0.05) is 55.5 Å². The van der Waals surface area contributed by atoms with E-state index >= 15 is 0 Å². The van der Waals surface area contributed by atoms with E-state index < -0.39 is 17.4 Å². The summed E-state index contributed by atoms with van der Waals surface area (Å²) in [4.78, 5) is 29.5. The molecule has 4 aromatic rings. The van der Waals surface area contributed by atoms with Gasteiger partial charge in [0.25, 0.3) is 0 Å². The standard InChI is InChI=1S/C30H31N5O6/c1-5-8-25-32-27(30(3,4)38)26(28(36)39-17-24-18(2)40-29(37)41-24)35(25)16-19-11-13-20(14-12-19)21-9-6-7-10-22(21)23-15-31-34-33-23/h6-7,9-14,38H,5,8,15-17H2,1-4H3. The molecule has 212 valence electrons. The topological polar surface area (TPSA) is 145 Å². The molecule has 0 bridgehead atoms. The van der Waals surface area contributed by atoms with Crippen LogP contribution in [-0.4, -0.2) is 32.9 Å². The number of imidazole rings is 1. The number of ether oxygens (including phenoxy) is 1. The van der Waals surface area contributed by atoms with Crippen molar-refractivity contribution in [2.45, 2.75) is 59.3 Å². The first-order chi connectivity index (χ1) is 19.7. The second-order valence-electron chi connectivity index (χ2n) is 10.3. The number of nitrogens with zero attached hydrogens (tertiary/aromatic N) is 5. The maximum atomic E-state index is 13.5. The van der Waals surface area contributed by atoms with Crippen LogP contribution in [0.25, 0.3) is 11.1 Å². The fraction of sp³-hybridized carbons (Fsp3) is 0.333. The summed E-state index contributed by atoms with van der Waals surface area (Å²) in [7, 11) is 0. The van der Waals surface area contributed by atoms with E-state index in [1.165, 1.54) is 0 Å². The summed E-state index contributed by atoms with van der Waals surface area (Å²) in [5.74, 6) is -0.554. The van der Waals surface area contributed by atoms with Gasteiger partial charge in [-0.2, -0.15) is 5.11 Å². The first-order valence-electron chi connectivity index (χ1n) is 13.4. The number of benzene rings is 2. The zero-order valence-electron chi connectivity index (χ0n) is 23.4. The molecule has 0 atom stereocenters. The molecule has 0 fully saturated rings. The molecule has 1 N–H and O–H groups in total. The van der Waals surface area contributed by atoms with Gasteiger partial charge in [0.2, 0.25) is 0 Å². The monoisotopic (exact) mass is 557 g/mol. The molecule has 11 heteroatoms. The van der Waals surface area contributed by atoms with Gasteiger partial charge in [-0.15, -0.1) is 5.10 Å². The molecule has 1 aliphatic rings. The van der Waals surface area contributed by atoms with E-state index in [0.29, 0.717) is 25.3 Å². The van der Waals surface area contributed by atoms with Gasteiger partial charge in [0.05, 0.1) is 5.71 Å². The van der Waals surface area contributed by atoms with E-state index in [0.717, 1.165) is 34.4 Å². The highest BCUT2D eigenvalue weighted by atomic mass is 16.6. The fourth-order valence-electron chi connectivity index (χ4n) is 4.74. The fourth-order valence-corrected chi connectivity index (χ4v) is 4.74. The molecule has 0 saturated carbocycles. The van der Waals surface area contributed by atoms with Crippen molar-refractivity contribution in [2.24, 2.45) is 15.4 Å². The first-order valence-corrected chi connectivity index (χ1v) is 13.4. The second kappa shape index (κ2) is 11.5. The summed E-state index contributed by atoms with van der Waals surface area (Å²) in [5.41, 5.74) is 3.71. The second-order valence-corrected chi connectivity index (χ2v) is 10.3. The van der Waals surface area contributed by atoms with Gasteiger partial charge in [-0.3, -0.25) is 0 Å². The minimum atomic E-state index is -1.41. The Morgan fingerprint density at radius 1 is 1.10 bits per heavy atom. The largest absolute Gasteiger partial charge is 0.519 e. The first kappa shape index (κ1) is 27.9. The zero-order valence-corrected chi connectivity index (χ0v) is 23.4. The highest BCUT2D eigenvalue weighted by Crippen LogP contribution is 2.29. The van der Waals surface area contributed by atoms with Gasteiger partial charge >= 0.3 is 11.8 Å². The predicted octanol–water partition coefficient (Wildman–Crippen LogP) is 5.16. The summed E-state index contributed by atoms with van der Waals surface area (Å²) < 4.78 is 17.1. The summed E-state index contributed by atoms with van der Waals surface area (Å²) in [6.45, 7) is 7.20. The molecule has 0 aliphatic carbocycles. The van der Waals surface area contributed by atoms with Crippen LogP contribution >= 0.6 is 0 Å². The van der Waals surface area contributed by atoms with Crippen molar-refractivity contribution in [3.8, 4) is 11.1 Å². The highest BCUT2D eigenvalue weighted by molar-refractivity contribution is 6.07. The van der Waals surface area contributed by atoms with Gasteiger partial charge in [0.1, 0.15) is 23.7 Å². The Morgan fingerprint density at radius 2 is 1.83 bits per heavy atom. The average molecular weight is 558 g/mol. The third kappa shape index (κ3) is 5.94. The van der Waals surface area contributed by atoms with Crippen molar-refractivity contribution in [3.63, 3.8) is 0 Å². The molecule has 11 nitrogen and oxygen atoms in total. The molecular weight excluding hydrogens is 526 g/mol. The number of aryl methyl sites for hydroxylation is 2. The number of hydrogen-bond acceptors (Lipinski definition) is 10. The minimum Gasteiger partial charge on any atom is -0.453 e. The van der Waals surface area contributed by atoms with Crippen molar-refractivity contribution in [1.29, 1.82) is 0 Å². The van der Waals surface area contributed by atoms with Crippen LogP contribution in [0.3, 0.4) is 0 Å². The Morgan fingerprint density at radius 3 is 2.44 bits per heavy atom. The lowest BCUT2D eigenvalue weighted by Crippen LogP contribution is -2.23. The molecule has 0 radical (unpaired) electrons. The number of carbonyl (C=O) groups excluding carboxylic acids is 1. The number of rotatable bonds is 10. The van der Waals surface area contributed by atoms with Crippen molar-refractivity contribution >= 4 is 11.7 Å². The predicted molar refractivity (Wildman–Crippen MR) is 150 cm³/mol. The smallest absolute Gasteiger partial charge is 0.453 e. The van der Waals surface area contributed by atoms with Gasteiger partial charge in [0.15, 0.2) is 23.8 Å². The van der Waals surface area contributed by atoms with Crippen LogP contribution in [0.15, 0.2) is 77.6 Å². The summed E-state index contributed by atoms with van der Waals surface area (Å²) in [6, 6.07) is 16.0. The average Bonchev–Trinajstić information content (AvgIpc) is 3.67. The van der Waals surface area contributed by atoms with Crippen molar-refractivity contribution in [1.82, 2.24) is 9.55 Å². The van der Waals surface area contributed by atoms with Crippen LogP contribution in [0.1, 0.15) is 71.8 Å². The van der Waals surface area contributed by atoms with Crippen molar-refractivity contribution in [2.75, 3.05) is 6.54 Å². The summed E-state index contributed by atoms with van der Waals surface area (Å²) >= 11 is 0. The maximum Gasteiger partial charge on any atom is 0.519 e. The van der Waals surface area contributed by atoms with E-state index in [2.05, 4.69) is 20.4 Å². The van der Waals surface area contributed by atoms with E-state index in [1.54, 1.807) is 25.3 Å². The van der Waals surface area contributed by atoms with Crippen LogP contribution in [0.5, 0.6) is 0 Å². The van der Waals surface area contributed by atoms with Crippen LogP contribution < -0.4 is 5.82 Å². The number of aromatic nitrogens is 2. The Kier molecular flexibility index (Phi) is 7.80. The molecular formula is C30H31N5O6. The third-order valence-corrected chi connectivity index (χ3v) is 6.76. The van der Waals surface area contributed by atoms with Gasteiger partial charge in [0, 0.05) is 18.5 Å². The van der Waals surface area contributed by atoms with E-state index in [4.69, 9.17) is 13.6 Å². The van der Waals surface area contributed by atoms with E-state index in [1.807, 2.05) is 55.5 Å². The van der Waals surface area contributed by atoms with Crippen LogP contribution in [0.4, 0.5) is 0 Å². The van der Waals surface area contributed by atoms with E-state index in [-0.39, 0.29) is 29.5 Å². The summed E-state index contributed by atoms with van der Waals surface area (Å²) in [5, 5.41) is 22.8. The molecule has 0 amide bonds. The minimum absolute atomic E-state index is 0.120. The van der Waals surface area contributed by atoms with Crippen LogP contribution in [0.2, 0.25) is 0 Å². The normalized spacial score (nSPS) is 13.0. The molecule has 0 spiro atoms. The van der Waals surface area contributed by atoms with Crippen LogP contribution in [-0.2, 0) is 29.9 Å². The zero-order chi connectivity index (χ0) is 29.1. The third-order valence-electron chi connectivity index (χ3n) is 6.76. The molecule has 5 rings (SSSR count). The lowest BCUT2D eigenvalue weighted by molar-refractivity contribution is 0.0395. The highest BCUT2D eigenvalue weighted by Gasteiger charge is 2.33. The molecule has 0 unspecified atom stereocenters. The Bertz CT molecular complexity index is 1690. The Labute approximate surface area is 236 Å². The maximum absolute atomic E-state index is 13.5. The number of esters is 1.